The average molecular weight is 466 g/mol. The Kier molecular flexibility index (Phi) is 6.51. The quantitative estimate of drug-likeness (QED) is 0.525. The first-order valence-corrected chi connectivity index (χ1v) is 11.8. The molecule has 0 bridgehead atoms. The van der Waals surface area contributed by atoms with E-state index in [1.807, 2.05) is 48.7 Å². The molecule has 0 amide bonds. The summed E-state index contributed by atoms with van der Waals surface area (Å²) in [5.41, 5.74) is 4.18. The minimum atomic E-state index is -0.969. The molecule has 1 aliphatic carbocycles. The van der Waals surface area contributed by atoms with Crippen LogP contribution in [0.3, 0.4) is 0 Å². The first kappa shape index (κ1) is 23.0. The lowest BCUT2D eigenvalue weighted by Gasteiger charge is -2.39. The van der Waals surface area contributed by atoms with Crippen LogP contribution in [-0.4, -0.2) is 31.9 Å². The molecule has 2 aliphatic rings. The van der Waals surface area contributed by atoms with Gasteiger partial charge in [-0.25, -0.2) is 4.79 Å². The molecule has 1 aliphatic heterocycles. The van der Waals surface area contributed by atoms with E-state index in [0.717, 1.165) is 28.1 Å². The molecule has 1 N–H and O–H groups in total. The molecule has 2 aromatic rings. The zero-order valence-electron chi connectivity index (χ0n) is 19.1. The van der Waals surface area contributed by atoms with E-state index in [0.29, 0.717) is 23.3 Å². The first-order valence-electron chi connectivity index (χ1n) is 10.9. The molecular formula is C26H27NO5S. The van der Waals surface area contributed by atoms with Gasteiger partial charge in [-0.2, -0.15) is 0 Å². The van der Waals surface area contributed by atoms with Crippen molar-refractivity contribution in [3.8, 4) is 0 Å². The largest absolute Gasteiger partial charge is 0.468 e. The zero-order chi connectivity index (χ0) is 23.7. The lowest BCUT2D eigenvalue weighted by atomic mass is 9.68. The van der Waals surface area contributed by atoms with Crippen LogP contribution in [0, 0.1) is 5.92 Å². The van der Waals surface area contributed by atoms with Crippen LogP contribution in [0.15, 0.2) is 64.3 Å². The van der Waals surface area contributed by atoms with Crippen molar-refractivity contribution < 1.29 is 23.9 Å². The number of dihydropyridines is 1. The molecule has 6 nitrogen and oxygen atoms in total. The van der Waals surface area contributed by atoms with Crippen LogP contribution in [0.2, 0.25) is 0 Å². The minimum Gasteiger partial charge on any atom is -0.468 e. The van der Waals surface area contributed by atoms with Gasteiger partial charge in [-0.15, -0.1) is 11.3 Å². The predicted molar refractivity (Wildman–Crippen MR) is 126 cm³/mol. The van der Waals surface area contributed by atoms with E-state index >= 15 is 0 Å². The van der Waals surface area contributed by atoms with Gasteiger partial charge in [0.25, 0.3) is 0 Å². The highest BCUT2D eigenvalue weighted by Crippen LogP contribution is 2.48. The summed E-state index contributed by atoms with van der Waals surface area (Å²) in [7, 11) is 2.63. The number of benzene rings is 1. The van der Waals surface area contributed by atoms with E-state index in [1.54, 1.807) is 0 Å². The Bertz CT molecular complexity index is 1140. The first-order chi connectivity index (χ1) is 15.9. The second-order valence-electron chi connectivity index (χ2n) is 8.27. The molecule has 33 heavy (non-hydrogen) atoms. The van der Waals surface area contributed by atoms with Gasteiger partial charge in [0.05, 0.1) is 19.8 Å². The van der Waals surface area contributed by atoms with Gasteiger partial charge in [0, 0.05) is 33.7 Å². The molecular weight excluding hydrogens is 438 g/mol. The van der Waals surface area contributed by atoms with E-state index in [9.17, 15) is 14.4 Å². The summed E-state index contributed by atoms with van der Waals surface area (Å²) in [6.45, 7) is 3.89. The fourth-order valence-electron chi connectivity index (χ4n) is 4.86. The van der Waals surface area contributed by atoms with Crippen LogP contribution >= 0.6 is 11.3 Å². The molecule has 7 heteroatoms. The molecule has 0 saturated carbocycles. The summed E-state index contributed by atoms with van der Waals surface area (Å²) in [4.78, 5) is 40.6. The third kappa shape index (κ3) is 4.02. The van der Waals surface area contributed by atoms with Gasteiger partial charge >= 0.3 is 11.9 Å². The summed E-state index contributed by atoms with van der Waals surface area (Å²) in [6, 6.07) is 11.7. The normalized spacial score (nSPS) is 22.5. The number of ketones is 1. The summed E-state index contributed by atoms with van der Waals surface area (Å²) in [6.07, 6.45) is 1.35. The van der Waals surface area contributed by atoms with Gasteiger partial charge in [0.2, 0.25) is 0 Å². The number of ether oxygens (including phenoxy) is 2. The number of hydrogen-bond donors (Lipinski definition) is 1. The fraction of sp³-hybridized carbons (Fsp3) is 0.346. The highest BCUT2D eigenvalue weighted by atomic mass is 32.1. The Labute approximate surface area is 197 Å². The number of carbonyl (C=O) groups is 3. The highest BCUT2D eigenvalue weighted by molar-refractivity contribution is 7.10. The number of aryl methyl sites for hydroxylation is 1. The maximum Gasteiger partial charge on any atom is 0.336 e. The van der Waals surface area contributed by atoms with Gasteiger partial charge in [-0.3, -0.25) is 9.59 Å². The van der Waals surface area contributed by atoms with Crippen molar-refractivity contribution in [1.82, 2.24) is 5.32 Å². The number of nitrogens with one attached hydrogen (secondary N) is 1. The number of Topliss-reactive ketones (excluding diaryl/α,β-unsaturated/α-hetero) is 1. The van der Waals surface area contributed by atoms with Gasteiger partial charge in [-0.1, -0.05) is 37.3 Å². The Morgan fingerprint density at radius 3 is 2.42 bits per heavy atom. The van der Waals surface area contributed by atoms with E-state index in [-0.39, 0.29) is 11.7 Å². The zero-order valence-corrected chi connectivity index (χ0v) is 20.0. The van der Waals surface area contributed by atoms with Crippen LogP contribution < -0.4 is 5.32 Å². The number of hydrogen-bond acceptors (Lipinski definition) is 7. The maximum atomic E-state index is 14.0. The average Bonchev–Trinajstić information content (AvgIpc) is 3.37. The monoisotopic (exact) mass is 465 g/mol. The number of rotatable bonds is 5. The molecule has 0 fully saturated rings. The van der Waals surface area contributed by atoms with Crippen molar-refractivity contribution in [3.63, 3.8) is 0 Å². The summed E-state index contributed by atoms with van der Waals surface area (Å²) in [5.74, 6) is -3.29. The van der Waals surface area contributed by atoms with Crippen molar-refractivity contribution in [2.45, 2.75) is 38.5 Å². The van der Waals surface area contributed by atoms with Crippen LogP contribution in [0.4, 0.5) is 0 Å². The van der Waals surface area contributed by atoms with Gasteiger partial charge in [0.15, 0.2) is 5.78 Å². The predicted octanol–water partition coefficient (Wildman–Crippen LogP) is 4.24. The Hall–Kier alpha value is -3.19. The molecule has 2 heterocycles. The lowest BCUT2D eigenvalue weighted by molar-refractivity contribution is -0.149. The van der Waals surface area contributed by atoms with E-state index in [4.69, 9.17) is 9.47 Å². The van der Waals surface area contributed by atoms with Gasteiger partial charge in [0.1, 0.15) is 5.92 Å². The summed E-state index contributed by atoms with van der Waals surface area (Å²) >= 11 is 1.52. The van der Waals surface area contributed by atoms with Crippen LogP contribution in [0.1, 0.15) is 48.1 Å². The molecule has 3 atom stereocenters. The number of allylic oxidation sites excluding steroid dienone is 3. The number of esters is 2. The maximum absolute atomic E-state index is 14.0. The third-order valence-corrected chi connectivity index (χ3v) is 7.51. The summed E-state index contributed by atoms with van der Waals surface area (Å²) in [5, 5.41) is 5.23. The SMILES string of the molecule is CCc1ccc([C@@H]2C(C(=O)OC)=C(C)NC3=C2C(=O)[C@@H](C(=O)OC)[C@@H](c2cccs2)C3)cc1. The van der Waals surface area contributed by atoms with Gasteiger partial charge in [-0.05, 0) is 42.3 Å². The Morgan fingerprint density at radius 2 is 1.85 bits per heavy atom. The van der Waals surface area contributed by atoms with E-state index in [2.05, 4.69) is 12.2 Å². The molecule has 0 spiro atoms. The molecule has 0 unspecified atom stereocenters. The lowest BCUT2D eigenvalue weighted by Crippen LogP contribution is -2.43. The molecule has 0 radical (unpaired) electrons. The number of methoxy groups -OCH3 is 2. The van der Waals surface area contributed by atoms with Crippen molar-refractivity contribution in [1.29, 1.82) is 0 Å². The topological polar surface area (TPSA) is 81.7 Å². The van der Waals surface area contributed by atoms with E-state index < -0.39 is 23.8 Å². The van der Waals surface area contributed by atoms with Crippen LogP contribution in [-0.2, 0) is 30.3 Å². The molecule has 1 aromatic heterocycles. The smallest absolute Gasteiger partial charge is 0.336 e. The van der Waals surface area contributed by atoms with Crippen molar-refractivity contribution in [2.24, 2.45) is 5.92 Å². The number of thiophene rings is 1. The Balaban J connectivity index is 1.89. The van der Waals surface area contributed by atoms with Crippen molar-refractivity contribution in [2.75, 3.05) is 14.2 Å². The third-order valence-electron chi connectivity index (χ3n) is 6.51. The Morgan fingerprint density at radius 1 is 1.12 bits per heavy atom. The summed E-state index contributed by atoms with van der Waals surface area (Å²) < 4.78 is 10.1. The molecule has 172 valence electrons. The standard InChI is InChI=1S/C26H27NO5S/c1-5-15-8-10-16(11-9-15)21-20(25(29)31-3)14(2)27-18-13-17(19-7-6-12-33-19)22(26(30)32-4)24(28)23(18)21/h6-12,17,21-22,27H,5,13H2,1-4H3/t17-,21-,22+/m1/s1. The van der Waals surface area contributed by atoms with Crippen molar-refractivity contribution >= 4 is 29.1 Å². The van der Waals surface area contributed by atoms with Crippen molar-refractivity contribution in [3.05, 3.63) is 80.3 Å². The van der Waals surface area contributed by atoms with Gasteiger partial charge < -0.3 is 14.8 Å². The molecule has 1 aromatic carbocycles. The molecule has 4 rings (SSSR count). The molecule has 0 saturated heterocycles. The second kappa shape index (κ2) is 9.35. The number of carbonyl (C=O) groups excluding carboxylic acids is 3. The fourth-order valence-corrected chi connectivity index (χ4v) is 5.73. The second-order valence-corrected chi connectivity index (χ2v) is 9.25. The van der Waals surface area contributed by atoms with Crippen LogP contribution in [0.25, 0.3) is 0 Å². The van der Waals surface area contributed by atoms with Crippen LogP contribution in [0.5, 0.6) is 0 Å². The minimum absolute atomic E-state index is 0.313. The van der Waals surface area contributed by atoms with E-state index in [1.165, 1.54) is 25.6 Å². The highest BCUT2D eigenvalue weighted by Gasteiger charge is 2.49.